The van der Waals surface area contributed by atoms with E-state index in [9.17, 15) is 8.78 Å². The Labute approximate surface area is 156 Å². The molecule has 0 atom stereocenters. The van der Waals surface area contributed by atoms with Gasteiger partial charge in [0.1, 0.15) is 17.2 Å². The van der Waals surface area contributed by atoms with Gasteiger partial charge in [0, 0.05) is 24.5 Å². The number of pyridine rings is 1. The number of imidazole rings is 1. The van der Waals surface area contributed by atoms with Crippen molar-refractivity contribution < 1.29 is 13.5 Å². The molecule has 159 valence electrons. The maximum Gasteiger partial charge on any atom is 0.265 e. The van der Waals surface area contributed by atoms with Crippen LogP contribution in [0.1, 0.15) is 18.9 Å². The van der Waals surface area contributed by atoms with E-state index in [4.69, 9.17) is 4.74 Å². The number of anilines is 1. The third kappa shape index (κ3) is 3.88. The normalized spacial score (nSPS) is 15.2. The molecule has 4 rings (SSSR count). The summed E-state index contributed by atoms with van der Waals surface area (Å²) in [5, 5.41) is 0. The van der Waals surface area contributed by atoms with Gasteiger partial charge < -0.3 is 17.1 Å². The minimum Gasteiger partial charge on any atom is -0.411 e. The van der Waals surface area contributed by atoms with Gasteiger partial charge in [0.2, 0.25) is 0 Å². The Morgan fingerprint density at radius 3 is 2.82 bits per heavy atom. The Morgan fingerprint density at radius 2 is 2.04 bits per heavy atom. The summed E-state index contributed by atoms with van der Waals surface area (Å²) < 4.78 is 33.2. The smallest absolute Gasteiger partial charge is 0.265 e. The summed E-state index contributed by atoms with van der Waals surface area (Å²) >= 11 is 0. The predicted molar refractivity (Wildman–Crippen MR) is 99.5 cm³/mol. The van der Waals surface area contributed by atoms with Crippen molar-refractivity contribution >= 4 is 11.5 Å². The molecule has 0 aliphatic carbocycles. The molecule has 9 heteroatoms. The molecule has 1 radical (unpaired) electrons. The number of halogens is 2. The Hall–Kier alpha value is -3.61. The van der Waals surface area contributed by atoms with Gasteiger partial charge in [-0.05, 0) is 18.2 Å². The summed E-state index contributed by atoms with van der Waals surface area (Å²) in [5.41, 5.74) is 1.09. The predicted octanol–water partition coefficient (Wildman–Crippen LogP) is 3.61. The SMILES string of the molecule is C[C-]1COCCN(c2ccnc(-c3cnc4ccc(C(F)F)cn34)n2)C1.[CH3-].[Lr]. The third-order valence-electron chi connectivity index (χ3n) is 4.29. The minimum absolute atomic E-state index is 0. The molecular weight excluding hydrogens is 614 g/mol. The van der Waals surface area contributed by atoms with Crippen LogP contribution in [0.5, 0.6) is 0 Å². The molecule has 6 nitrogen and oxygen atoms in total. The summed E-state index contributed by atoms with van der Waals surface area (Å²) in [4.78, 5) is 15.3. The van der Waals surface area contributed by atoms with Crippen molar-refractivity contribution in [1.29, 1.82) is 0 Å². The van der Waals surface area contributed by atoms with Crippen LogP contribution in [0.3, 0.4) is 0 Å². The summed E-state index contributed by atoms with van der Waals surface area (Å²) in [7, 11) is 0. The molecule has 1 aliphatic heterocycles. The van der Waals surface area contributed by atoms with Crippen molar-refractivity contribution in [1.82, 2.24) is 19.4 Å². The number of ether oxygens (including phenoxy) is 1. The van der Waals surface area contributed by atoms with Crippen LogP contribution >= 0.6 is 0 Å². The Bertz CT molecular complexity index is 920. The molecule has 3 aromatic heterocycles. The number of hydrogen-bond donors (Lipinski definition) is 0. The van der Waals surface area contributed by atoms with Crippen LogP contribution in [0.25, 0.3) is 17.2 Å². The fraction of sp³-hybridized carbons (Fsp3) is 0.316. The van der Waals surface area contributed by atoms with Crippen molar-refractivity contribution in [2.45, 2.75) is 13.3 Å². The van der Waals surface area contributed by atoms with Gasteiger partial charge in [-0.25, -0.2) is 23.7 Å². The number of hydrogen-bond acceptors (Lipinski definition) is 5. The van der Waals surface area contributed by atoms with E-state index in [1.165, 1.54) is 18.2 Å². The number of nitrogens with zero attached hydrogens (tertiary/aromatic N) is 5. The summed E-state index contributed by atoms with van der Waals surface area (Å²) in [5.74, 6) is 2.45. The minimum atomic E-state index is -2.54. The zero-order valence-electron chi connectivity index (χ0n) is 15.5. The van der Waals surface area contributed by atoms with Crippen LogP contribution in [0.4, 0.5) is 14.6 Å². The monoisotopic (exact) mass is 635 g/mol. The van der Waals surface area contributed by atoms with E-state index in [-0.39, 0.29) is 13.0 Å². The third-order valence-corrected chi connectivity index (χ3v) is 4.29. The van der Waals surface area contributed by atoms with Gasteiger partial charge in [0.15, 0.2) is 5.82 Å². The van der Waals surface area contributed by atoms with Gasteiger partial charge in [-0.3, -0.25) is 10.3 Å². The molecule has 3 aromatic rings. The molecule has 0 saturated carbocycles. The van der Waals surface area contributed by atoms with Crippen molar-refractivity contribution in [3.8, 4) is 11.5 Å². The molecule has 0 amide bonds. The summed E-state index contributed by atoms with van der Waals surface area (Å²) in [6, 6.07) is 4.79. The first-order valence-corrected chi connectivity index (χ1v) is 8.34. The van der Waals surface area contributed by atoms with E-state index >= 15 is 0 Å². The molecule has 1 fully saturated rings. The first kappa shape index (κ1) is 20.7. The average molecular weight is 635 g/mol. The first-order valence-electron chi connectivity index (χ1n) is 8.34. The maximum atomic E-state index is 13.0. The molecule has 0 aromatic carbocycles. The Morgan fingerprint density at radius 1 is 1.21 bits per heavy atom. The maximum absolute atomic E-state index is 13.0. The van der Waals surface area contributed by atoms with Crippen LogP contribution in [0, 0.1) is 13.3 Å². The number of alkyl halides is 2. The topological polar surface area (TPSA) is 55.5 Å². The van der Waals surface area contributed by atoms with E-state index in [0.717, 1.165) is 18.9 Å². The van der Waals surface area contributed by atoms with E-state index in [0.29, 0.717) is 30.4 Å². The number of rotatable bonds is 3. The first-order chi connectivity index (χ1) is 12.6. The molecule has 0 spiro atoms. The fourth-order valence-corrected chi connectivity index (χ4v) is 3.01. The number of aromatic nitrogens is 4. The second-order valence-corrected chi connectivity index (χ2v) is 6.30. The van der Waals surface area contributed by atoms with E-state index in [1.54, 1.807) is 22.9 Å². The largest absolute Gasteiger partial charge is 0.411 e. The van der Waals surface area contributed by atoms with Gasteiger partial charge in [0.25, 0.3) is 6.43 Å². The standard InChI is InChI=1S/C18H18F2N5O.CH3.Lr/c1-12-9-24(6-7-26-11-12)16-4-5-21-18(23-16)14-8-22-15-3-2-13(17(19)20)10-25(14)15;;/h2-5,8,10,17H,6-7,9,11H2,1H3;1H3;/q2*-1;. The van der Waals surface area contributed by atoms with Gasteiger partial charge in [-0.15, -0.1) is 6.54 Å². The van der Waals surface area contributed by atoms with Gasteiger partial charge in [0.05, 0.1) is 12.8 Å². The van der Waals surface area contributed by atoms with Crippen LogP contribution in [0.2, 0.25) is 0 Å². The second kappa shape index (κ2) is 8.39. The molecule has 0 bridgehead atoms. The molecule has 28 heavy (non-hydrogen) atoms. The van der Waals surface area contributed by atoms with Gasteiger partial charge in [-0.1, -0.05) is 6.61 Å². The Balaban J connectivity index is 0.00000140. The van der Waals surface area contributed by atoms with E-state index in [2.05, 4.69) is 26.8 Å². The van der Waals surface area contributed by atoms with Crippen LogP contribution < -0.4 is 4.90 Å². The summed E-state index contributed by atoms with van der Waals surface area (Å²) in [6.07, 6.45) is 2.12. The van der Waals surface area contributed by atoms with Crippen molar-refractivity contribution in [3.63, 3.8) is 0 Å². The Kier molecular flexibility index (Phi) is 6.20. The quantitative estimate of drug-likeness (QED) is 0.412. The van der Waals surface area contributed by atoms with Crippen LogP contribution in [-0.4, -0.2) is 45.7 Å². The molecule has 4 heterocycles. The van der Waals surface area contributed by atoms with Crippen LogP contribution in [-0.2, 0) is 4.74 Å². The van der Waals surface area contributed by atoms with Crippen molar-refractivity contribution in [2.24, 2.45) is 0 Å². The molecule has 0 N–H and O–H groups in total. The second-order valence-electron chi connectivity index (χ2n) is 6.30. The fourth-order valence-electron chi connectivity index (χ4n) is 3.01. The zero-order chi connectivity index (χ0) is 18.1. The van der Waals surface area contributed by atoms with Gasteiger partial charge in [-0.2, -0.15) is 6.92 Å². The molecule has 1 saturated heterocycles. The van der Waals surface area contributed by atoms with E-state index in [1.807, 2.05) is 6.07 Å². The van der Waals surface area contributed by atoms with Crippen molar-refractivity contribution in [3.05, 3.63) is 55.7 Å². The van der Waals surface area contributed by atoms with E-state index < -0.39 is 6.43 Å². The van der Waals surface area contributed by atoms with Crippen LogP contribution in [0.15, 0.2) is 36.8 Å². The molecular formula is C19H21F2LrN5O-2. The van der Waals surface area contributed by atoms with Crippen molar-refractivity contribution in [2.75, 3.05) is 31.2 Å². The van der Waals surface area contributed by atoms with Gasteiger partial charge >= 0.3 is 0 Å². The zero-order valence-corrected chi connectivity index (χ0v) is 17.7. The molecule has 0 unspecified atom stereocenters. The average Bonchev–Trinajstić information content (AvgIpc) is 2.95. The number of fused-ring (bicyclic) bond motifs is 1. The molecule has 1 aliphatic rings. The summed E-state index contributed by atoms with van der Waals surface area (Å²) in [6.45, 7) is 4.83.